The summed E-state index contributed by atoms with van der Waals surface area (Å²) in [5.41, 5.74) is 1.08. The molecule has 128 valence electrons. The lowest BCUT2D eigenvalue weighted by atomic mass is 10.2. The number of amides is 1. The molecule has 1 atom stereocenters. The van der Waals surface area contributed by atoms with Crippen molar-refractivity contribution in [1.82, 2.24) is 25.0 Å². The standard InChI is InChI=1S/C16H16N6O2S/c1-17-16-19-11(9-25-16)15(23)22-8-4-6-12(22)14-20-13(21-24-14)10-5-2-3-7-18-10/h2-3,5,7,9,12H,4,6,8H2,1H3,(H,17,19)/t12-/m0/s1. The number of pyridine rings is 1. The third kappa shape index (κ3) is 2.98. The van der Waals surface area contributed by atoms with E-state index in [9.17, 15) is 4.79 Å². The van der Waals surface area contributed by atoms with Crippen molar-refractivity contribution >= 4 is 22.4 Å². The first-order chi connectivity index (χ1) is 12.3. The van der Waals surface area contributed by atoms with Crippen LogP contribution in [0.1, 0.15) is 35.3 Å². The van der Waals surface area contributed by atoms with Crippen LogP contribution < -0.4 is 5.32 Å². The molecule has 8 nitrogen and oxygen atoms in total. The van der Waals surface area contributed by atoms with Gasteiger partial charge in [-0.3, -0.25) is 9.78 Å². The van der Waals surface area contributed by atoms with E-state index >= 15 is 0 Å². The average molecular weight is 356 g/mol. The van der Waals surface area contributed by atoms with Crippen molar-refractivity contribution in [3.8, 4) is 11.5 Å². The Kier molecular flexibility index (Phi) is 4.14. The van der Waals surface area contributed by atoms with Gasteiger partial charge in [-0.2, -0.15) is 4.98 Å². The number of carbonyl (C=O) groups is 1. The van der Waals surface area contributed by atoms with Gasteiger partial charge in [-0.25, -0.2) is 4.98 Å². The van der Waals surface area contributed by atoms with Gasteiger partial charge in [0.2, 0.25) is 11.7 Å². The molecule has 0 bridgehead atoms. The Hall–Kier alpha value is -2.81. The number of thiazole rings is 1. The molecule has 9 heteroatoms. The molecule has 1 saturated heterocycles. The maximum Gasteiger partial charge on any atom is 0.274 e. The molecule has 0 aromatic carbocycles. The second-order valence-corrected chi connectivity index (χ2v) is 6.47. The van der Waals surface area contributed by atoms with Gasteiger partial charge in [-0.05, 0) is 25.0 Å². The number of carbonyl (C=O) groups excluding carboxylic acids is 1. The summed E-state index contributed by atoms with van der Waals surface area (Å²) in [5.74, 6) is 0.759. The SMILES string of the molecule is CNc1nc(C(=O)N2CCC[C@H]2c2nc(-c3ccccn3)no2)cs1. The highest BCUT2D eigenvalue weighted by Crippen LogP contribution is 2.33. The summed E-state index contributed by atoms with van der Waals surface area (Å²) in [6.45, 7) is 0.650. The molecular weight excluding hydrogens is 340 g/mol. The monoisotopic (exact) mass is 356 g/mol. The zero-order valence-electron chi connectivity index (χ0n) is 13.5. The average Bonchev–Trinajstić information content (AvgIpc) is 3.41. The largest absolute Gasteiger partial charge is 0.365 e. The predicted molar refractivity (Wildman–Crippen MR) is 92.2 cm³/mol. The highest BCUT2D eigenvalue weighted by molar-refractivity contribution is 7.13. The normalized spacial score (nSPS) is 17.0. The fraction of sp³-hybridized carbons (Fsp3) is 0.312. The van der Waals surface area contributed by atoms with Crippen LogP contribution in [-0.4, -0.2) is 44.5 Å². The van der Waals surface area contributed by atoms with Gasteiger partial charge in [0.25, 0.3) is 5.91 Å². The molecule has 0 unspecified atom stereocenters. The van der Waals surface area contributed by atoms with Gasteiger partial charge in [-0.15, -0.1) is 11.3 Å². The van der Waals surface area contributed by atoms with Crippen LogP contribution >= 0.6 is 11.3 Å². The molecule has 4 rings (SSSR count). The molecule has 0 radical (unpaired) electrons. The van der Waals surface area contributed by atoms with E-state index in [1.54, 1.807) is 23.5 Å². The third-order valence-corrected chi connectivity index (χ3v) is 4.93. The third-order valence-electron chi connectivity index (χ3n) is 4.07. The molecule has 1 aliphatic rings. The fourth-order valence-corrected chi connectivity index (χ4v) is 3.52. The minimum absolute atomic E-state index is 0.113. The van der Waals surface area contributed by atoms with Gasteiger partial charge in [-0.1, -0.05) is 11.2 Å². The summed E-state index contributed by atoms with van der Waals surface area (Å²) >= 11 is 1.41. The van der Waals surface area contributed by atoms with Crippen LogP contribution in [0.5, 0.6) is 0 Å². The van der Waals surface area contributed by atoms with Gasteiger partial charge < -0.3 is 14.7 Å². The zero-order chi connectivity index (χ0) is 17.2. The van der Waals surface area contributed by atoms with Crippen molar-refractivity contribution in [2.75, 3.05) is 18.9 Å². The number of aromatic nitrogens is 4. The van der Waals surface area contributed by atoms with Crippen LogP contribution in [-0.2, 0) is 0 Å². The van der Waals surface area contributed by atoms with E-state index in [-0.39, 0.29) is 11.9 Å². The van der Waals surface area contributed by atoms with Crippen LogP contribution in [0.15, 0.2) is 34.3 Å². The molecule has 3 aromatic rings. The topological polar surface area (TPSA) is 97.0 Å². The van der Waals surface area contributed by atoms with Crippen molar-refractivity contribution in [3.63, 3.8) is 0 Å². The maximum absolute atomic E-state index is 12.8. The highest BCUT2D eigenvalue weighted by atomic mass is 32.1. The second kappa shape index (κ2) is 6.60. The number of nitrogens with zero attached hydrogens (tertiary/aromatic N) is 5. The Balaban J connectivity index is 1.57. The summed E-state index contributed by atoms with van der Waals surface area (Å²) in [6, 6.07) is 5.29. The molecule has 0 aliphatic carbocycles. The summed E-state index contributed by atoms with van der Waals surface area (Å²) in [5, 5.41) is 9.43. The summed E-state index contributed by atoms with van der Waals surface area (Å²) in [4.78, 5) is 27.5. The number of hydrogen-bond acceptors (Lipinski definition) is 8. The minimum Gasteiger partial charge on any atom is -0.365 e. The second-order valence-electron chi connectivity index (χ2n) is 5.62. The number of nitrogens with one attached hydrogen (secondary N) is 1. The number of rotatable bonds is 4. The molecule has 1 aliphatic heterocycles. The van der Waals surface area contributed by atoms with Gasteiger partial charge in [0.05, 0.1) is 0 Å². The first-order valence-corrected chi connectivity index (χ1v) is 8.83. The highest BCUT2D eigenvalue weighted by Gasteiger charge is 2.35. The van der Waals surface area contributed by atoms with Crippen LogP contribution in [0.2, 0.25) is 0 Å². The maximum atomic E-state index is 12.8. The predicted octanol–water partition coefficient (Wildman–Crippen LogP) is 2.61. The van der Waals surface area contributed by atoms with Crippen LogP contribution in [0.25, 0.3) is 11.5 Å². The summed E-state index contributed by atoms with van der Waals surface area (Å²) < 4.78 is 5.42. The molecule has 3 aromatic heterocycles. The van der Waals surface area contributed by atoms with Gasteiger partial charge in [0.15, 0.2) is 5.13 Å². The first kappa shape index (κ1) is 15.7. The lowest BCUT2D eigenvalue weighted by Gasteiger charge is -2.20. The van der Waals surface area contributed by atoms with E-state index in [4.69, 9.17) is 4.52 Å². The van der Waals surface area contributed by atoms with E-state index in [0.29, 0.717) is 34.8 Å². The first-order valence-electron chi connectivity index (χ1n) is 7.95. The van der Waals surface area contributed by atoms with Crippen molar-refractivity contribution in [3.05, 3.63) is 41.4 Å². The molecule has 25 heavy (non-hydrogen) atoms. The molecule has 1 N–H and O–H groups in total. The van der Waals surface area contributed by atoms with Crippen LogP contribution in [0, 0.1) is 0 Å². The molecule has 0 saturated carbocycles. The smallest absolute Gasteiger partial charge is 0.274 e. The van der Waals surface area contributed by atoms with Crippen LogP contribution in [0.3, 0.4) is 0 Å². The summed E-state index contributed by atoms with van der Waals surface area (Å²) in [6.07, 6.45) is 3.36. The lowest BCUT2D eigenvalue weighted by molar-refractivity contribution is 0.0705. The van der Waals surface area contributed by atoms with Gasteiger partial charge in [0.1, 0.15) is 17.4 Å². The number of anilines is 1. The Morgan fingerprint density at radius 2 is 2.32 bits per heavy atom. The van der Waals surface area contributed by atoms with Crippen LogP contribution in [0.4, 0.5) is 5.13 Å². The molecule has 0 spiro atoms. The van der Waals surface area contributed by atoms with Gasteiger partial charge in [0, 0.05) is 25.2 Å². The van der Waals surface area contributed by atoms with Gasteiger partial charge >= 0.3 is 0 Å². The van der Waals surface area contributed by atoms with E-state index in [1.807, 2.05) is 18.2 Å². The fourth-order valence-electron chi connectivity index (χ4n) is 2.87. The Labute approximate surface area is 147 Å². The number of hydrogen-bond donors (Lipinski definition) is 1. The lowest BCUT2D eigenvalue weighted by Crippen LogP contribution is -2.31. The minimum atomic E-state index is -0.225. The van der Waals surface area contributed by atoms with E-state index in [2.05, 4.69) is 25.4 Å². The molecular formula is C16H16N6O2S. The van der Waals surface area contributed by atoms with Crippen molar-refractivity contribution < 1.29 is 9.32 Å². The quantitative estimate of drug-likeness (QED) is 0.767. The molecule has 1 fully saturated rings. The molecule has 4 heterocycles. The van der Waals surface area contributed by atoms with E-state index in [1.165, 1.54) is 11.3 Å². The summed E-state index contributed by atoms with van der Waals surface area (Å²) in [7, 11) is 1.78. The Morgan fingerprint density at radius 3 is 3.08 bits per heavy atom. The van der Waals surface area contributed by atoms with Crippen molar-refractivity contribution in [2.24, 2.45) is 0 Å². The van der Waals surface area contributed by atoms with Crippen molar-refractivity contribution in [1.29, 1.82) is 0 Å². The van der Waals surface area contributed by atoms with E-state index < -0.39 is 0 Å². The van der Waals surface area contributed by atoms with Crippen molar-refractivity contribution in [2.45, 2.75) is 18.9 Å². The van der Waals surface area contributed by atoms with E-state index in [0.717, 1.165) is 12.8 Å². The zero-order valence-corrected chi connectivity index (χ0v) is 14.4. The Morgan fingerprint density at radius 1 is 1.40 bits per heavy atom. The number of likely N-dealkylation sites (tertiary alicyclic amines) is 1. The Bertz CT molecular complexity index is 878. The molecule has 1 amide bonds.